The second kappa shape index (κ2) is 5.48. The zero-order valence-corrected chi connectivity index (χ0v) is 10.7. The van der Waals surface area contributed by atoms with Crippen LogP contribution in [0.15, 0.2) is 29.2 Å². The fourth-order valence-corrected chi connectivity index (χ4v) is 3.49. The molecule has 0 bridgehead atoms. The Bertz CT molecular complexity index is 555. The molecule has 1 saturated heterocycles. The fraction of sp³-hybridized carbons (Fsp3) is 0.417. The first-order chi connectivity index (χ1) is 8.66. The molecular weight excluding hydrogens is 252 g/mol. The Hall–Kier alpha value is -1.42. The largest absolute Gasteiger partial charge is 0.380 e. The first-order valence-corrected chi connectivity index (χ1v) is 7.17. The zero-order valence-electron chi connectivity index (χ0n) is 9.87. The number of hydrogen-bond donors (Lipinski definition) is 0. The quantitative estimate of drug-likeness (QED) is 0.799. The van der Waals surface area contributed by atoms with E-state index < -0.39 is 10.0 Å². The Balaban J connectivity index is 2.38. The van der Waals surface area contributed by atoms with E-state index in [1.54, 1.807) is 12.1 Å². The van der Waals surface area contributed by atoms with Crippen molar-refractivity contribution in [3.05, 3.63) is 29.8 Å². The van der Waals surface area contributed by atoms with Gasteiger partial charge in [0.25, 0.3) is 0 Å². The molecule has 1 aliphatic rings. The maximum atomic E-state index is 12.4. The molecule has 1 aliphatic heterocycles. The molecule has 5 nitrogen and oxygen atoms in total. The average molecular weight is 266 g/mol. The van der Waals surface area contributed by atoms with Crippen molar-refractivity contribution in [1.29, 1.82) is 5.26 Å². The minimum Gasteiger partial charge on any atom is -0.380 e. The summed E-state index contributed by atoms with van der Waals surface area (Å²) in [4.78, 5) is 0.0781. The topological polar surface area (TPSA) is 70.4 Å². The van der Waals surface area contributed by atoms with E-state index in [9.17, 15) is 8.42 Å². The number of hydrogen-bond acceptors (Lipinski definition) is 4. The van der Waals surface area contributed by atoms with Gasteiger partial charge in [0, 0.05) is 19.7 Å². The first kappa shape index (κ1) is 13.0. The van der Waals surface area contributed by atoms with Crippen LogP contribution in [0.2, 0.25) is 0 Å². The molecule has 0 aliphatic carbocycles. The summed E-state index contributed by atoms with van der Waals surface area (Å²) < 4.78 is 31.5. The van der Waals surface area contributed by atoms with Crippen LogP contribution in [0, 0.1) is 11.3 Å². The lowest BCUT2D eigenvalue weighted by Crippen LogP contribution is -2.33. The van der Waals surface area contributed by atoms with Crippen molar-refractivity contribution in [3.8, 4) is 6.07 Å². The van der Waals surface area contributed by atoms with Gasteiger partial charge in [-0.2, -0.15) is 9.57 Å². The van der Waals surface area contributed by atoms with Crippen molar-refractivity contribution in [1.82, 2.24) is 4.31 Å². The number of ether oxygens (including phenoxy) is 1. The van der Waals surface area contributed by atoms with Crippen LogP contribution in [0.5, 0.6) is 0 Å². The molecule has 6 heteroatoms. The Morgan fingerprint density at radius 3 is 2.78 bits per heavy atom. The lowest BCUT2D eigenvalue weighted by Gasteiger charge is -2.19. The van der Waals surface area contributed by atoms with Gasteiger partial charge in [0.15, 0.2) is 0 Å². The molecule has 0 aromatic heterocycles. The van der Waals surface area contributed by atoms with E-state index in [0.29, 0.717) is 32.7 Å². The van der Waals surface area contributed by atoms with Crippen LogP contribution in [-0.4, -0.2) is 39.0 Å². The Morgan fingerprint density at radius 1 is 1.22 bits per heavy atom. The smallest absolute Gasteiger partial charge is 0.244 e. The van der Waals surface area contributed by atoms with Crippen LogP contribution in [0.4, 0.5) is 0 Å². The van der Waals surface area contributed by atoms with E-state index in [-0.39, 0.29) is 10.5 Å². The predicted octanol–water partition coefficient (Wildman–Crippen LogP) is 0.969. The molecule has 18 heavy (non-hydrogen) atoms. The molecule has 0 atom stereocenters. The van der Waals surface area contributed by atoms with Gasteiger partial charge in [-0.05, 0) is 18.6 Å². The number of nitrogens with zero attached hydrogens (tertiary/aromatic N) is 2. The molecule has 1 heterocycles. The third-order valence-corrected chi connectivity index (χ3v) is 4.76. The van der Waals surface area contributed by atoms with E-state index in [2.05, 4.69) is 0 Å². The molecule has 0 spiro atoms. The number of nitriles is 1. The predicted molar refractivity (Wildman–Crippen MR) is 65.4 cm³/mol. The summed E-state index contributed by atoms with van der Waals surface area (Å²) in [5.74, 6) is 0. The maximum Gasteiger partial charge on any atom is 0.244 e. The Morgan fingerprint density at radius 2 is 2.00 bits per heavy atom. The van der Waals surface area contributed by atoms with E-state index >= 15 is 0 Å². The molecule has 0 saturated carbocycles. The van der Waals surface area contributed by atoms with Crippen LogP contribution < -0.4 is 0 Å². The summed E-state index contributed by atoms with van der Waals surface area (Å²) in [6.07, 6.45) is 0.675. The van der Waals surface area contributed by atoms with Crippen molar-refractivity contribution < 1.29 is 13.2 Å². The first-order valence-electron chi connectivity index (χ1n) is 5.73. The molecule has 1 aromatic rings. The van der Waals surface area contributed by atoms with Crippen LogP contribution in [0.25, 0.3) is 0 Å². The van der Waals surface area contributed by atoms with Crippen molar-refractivity contribution in [2.45, 2.75) is 11.3 Å². The summed E-state index contributed by atoms with van der Waals surface area (Å²) in [5, 5.41) is 8.98. The monoisotopic (exact) mass is 266 g/mol. The van der Waals surface area contributed by atoms with Crippen LogP contribution in [-0.2, 0) is 14.8 Å². The number of benzene rings is 1. The van der Waals surface area contributed by atoms with Gasteiger partial charge in [-0.15, -0.1) is 0 Å². The molecule has 2 rings (SSSR count). The lowest BCUT2D eigenvalue weighted by molar-refractivity contribution is 0.148. The van der Waals surface area contributed by atoms with E-state index in [4.69, 9.17) is 10.00 Å². The highest BCUT2D eigenvalue weighted by atomic mass is 32.2. The molecular formula is C12H14N2O3S. The van der Waals surface area contributed by atoms with Gasteiger partial charge in [-0.1, -0.05) is 12.1 Å². The highest BCUT2D eigenvalue weighted by molar-refractivity contribution is 7.89. The van der Waals surface area contributed by atoms with E-state index in [0.717, 1.165) is 0 Å². The Kier molecular flexibility index (Phi) is 3.97. The fourth-order valence-electron chi connectivity index (χ4n) is 1.89. The Labute approximate surface area is 107 Å². The lowest BCUT2D eigenvalue weighted by atomic mass is 10.2. The molecule has 1 fully saturated rings. The molecule has 96 valence electrons. The van der Waals surface area contributed by atoms with Crippen LogP contribution >= 0.6 is 0 Å². The minimum atomic E-state index is -3.60. The standard InChI is InChI=1S/C12H14N2O3S/c13-10-11-4-1-2-5-12(11)18(15,16)14-6-3-8-17-9-7-14/h1-2,4-5H,3,6-9H2. The van der Waals surface area contributed by atoms with Gasteiger partial charge in [0.2, 0.25) is 10.0 Å². The second-order valence-electron chi connectivity index (χ2n) is 3.98. The van der Waals surface area contributed by atoms with E-state index in [1.165, 1.54) is 16.4 Å². The van der Waals surface area contributed by atoms with Gasteiger partial charge < -0.3 is 4.74 Å². The van der Waals surface area contributed by atoms with Gasteiger partial charge in [0.1, 0.15) is 6.07 Å². The van der Waals surface area contributed by atoms with Gasteiger partial charge in [-0.25, -0.2) is 8.42 Å². The van der Waals surface area contributed by atoms with Gasteiger partial charge in [-0.3, -0.25) is 0 Å². The molecule has 1 aromatic carbocycles. The third-order valence-electron chi connectivity index (χ3n) is 2.81. The molecule has 0 amide bonds. The molecule has 0 unspecified atom stereocenters. The summed E-state index contributed by atoms with van der Waals surface area (Å²) >= 11 is 0. The normalized spacial score (nSPS) is 17.9. The maximum absolute atomic E-state index is 12.4. The average Bonchev–Trinajstić information content (AvgIpc) is 2.68. The molecule has 0 radical (unpaired) electrons. The van der Waals surface area contributed by atoms with Crippen molar-refractivity contribution >= 4 is 10.0 Å². The summed E-state index contributed by atoms with van der Waals surface area (Å²) in [7, 11) is -3.60. The minimum absolute atomic E-state index is 0.0781. The summed E-state index contributed by atoms with van der Waals surface area (Å²) in [6.45, 7) is 1.74. The third kappa shape index (κ3) is 2.53. The summed E-state index contributed by atoms with van der Waals surface area (Å²) in [6, 6.07) is 8.19. The van der Waals surface area contributed by atoms with E-state index in [1.807, 2.05) is 6.07 Å². The zero-order chi connectivity index (χ0) is 13.0. The number of rotatable bonds is 2. The van der Waals surface area contributed by atoms with Crippen LogP contribution in [0.3, 0.4) is 0 Å². The summed E-state index contributed by atoms with van der Waals surface area (Å²) in [5.41, 5.74) is 0.183. The van der Waals surface area contributed by atoms with Crippen LogP contribution in [0.1, 0.15) is 12.0 Å². The van der Waals surface area contributed by atoms with Crippen molar-refractivity contribution in [3.63, 3.8) is 0 Å². The van der Waals surface area contributed by atoms with Crippen molar-refractivity contribution in [2.75, 3.05) is 26.3 Å². The SMILES string of the molecule is N#Cc1ccccc1S(=O)(=O)N1CCCOCC1. The highest BCUT2D eigenvalue weighted by Crippen LogP contribution is 2.20. The second-order valence-corrected chi connectivity index (χ2v) is 5.88. The highest BCUT2D eigenvalue weighted by Gasteiger charge is 2.27. The van der Waals surface area contributed by atoms with Gasteiger partial charge >= 0.3 is 0 Å². The van der Waals surface area contributed by atoms with Gasteiger partial charge in [0.05, 0.1) is 17.1 Å². The number of sulfonamides is 1. The molecule has 0 N–H and O–H groups in total. The van der Waals surface area contributed by atoms with Crippen molar-refractivity contribution in [2.24, 2.45) is 0 Å².